The summed E-state index contributed by atoms with van der Waals surface area (Å²) in [7, 11) is 0. The summed E-state index contributed by atoms with van der Waals surface area (Å²) in [6, 6.07) is 0.0843. The predicted octanol–water partition coefficient (Wildman–Crippen LogP) is 1.43. The molecule has 1 fully saturated rings. The molecule has 1 saturated heterocycles. The number of anilines is 1. The van der Waals surface area contributed by atoms with Gasteiger partial charge in [0, 0.05) is 38.1 Å². The molecule has 0 aliphatic carbocycles. The highest BCUT2D eigenvalue weighted by atomic mass is 79.9. The molecule has 0 aromatic carbocycles. The number of aromatic nitrogens is 2. The first-order chi connectivity index (χ1) is 8.08. The van der Waals surface area contributed by atoms with E-state index >= 15 is 0 Å². The molecular weight excluding hydrogens is 288 g/mol. The zero-order chi connectivity index (χ0) is 12.4. The molecule has 0 saturated carbocycles. The number of amides is 1. The summed E-state index contributed by atoms with van der Waals surface area (Å²) >= 11 is 3.28. The second-order valence-electron chi connectivity index (χ2n) is 3.97. The molecule has 1 unspecified atom stereocenters. The summed E-state index contributed by atoms with van der Waals surface area (Å²) in [6.07, 6.45) is 2.52. The Morgan fingerprint density at radius 1 is 1.47 bits per heavy atom. The van der Waals surface area contributed by atoms with E-state index < -0.39 is 6.09 Å². The molecule has 0 bridgehead atoms. The molecule has 92 valence electrons. The van der Waals surface area contributed by atoms with Crippen LogP contribution in [-0.2, 0) is 0 Å². The Bertz CT molecular complexity index is 411. The van der Waals surface area contributed by atoms with E-state index in [0.717, 1.165) is 4.47 Å². The molecule has 2 heterocycles. The summed E-state index contributed by atoms with van der Waals surface area (Å²) in [5, 5.41) is 8.92. The van der Waals surface area contributed by atoms with Crippen LogP contribution in [0.1, 0.15) is 6.92 Å². The van der Waals surface area contributed by atoms with E-state index in [9.17, 15) is 4.79 Å². The fourth-order valence-electron chi connectivity index (χ4n) is 1.88. The Morgan fingerprint density at radius 3 is 2.65 bits per heavy atom. The molecule has 1 N–H and O–H groups in total. The second-order valence-corrected chi connectivity index (χ2v) is 4.89. The third kappa shape index (κ3) is 2.66. The highest BCUT2D eigenvalue weighted by Crippen LogP contribution is 2.17. The Kier molecular flexibility index (Phi) is 3.46. The van der Waals surface area contributed by atoms with Crippen molar-refractivity contribution in [2.45, 2.75) is 13.0 Å². The summed E-state index contributed by atoms with van der Waals surface area (Å²) in [5.41, 5.74) is 0. The summed E-state index contributed by atoms with van der Waals surface area (Å²) in [4.78, 5) is 22.7. The smallest absolute Gasteiger partial charge is 0.407 e. The lowest BCUT2D eigenvalue weighted by Crippen LogP contribution is -2.53. The average molecular weight is 301 g/mol. The molecule has 2 rings (SSSR count). The molecule has 0 radical (unpaired) electrons. The van der Waals surface area contributed by atoms with Crippen molar-refractivity contribution in [3.63, 3.8) is 0 Å². The third-order valence-corrected chi connectivity index (χ3v) is 3.17. The van der Waals surface area contributed by atoms with Crippen LogP contribution >= 0.6 is 15.9 Å². The van der Waals surface area contributed by atoms with Gasteiger partial charge in [-0.1, -0.05) is 0 Å². The van der Waals surface area contributed by atoms with Gasteiger partial charge in [0.2, 0.25) is 5.95 Å². The Morgan fingerprint density at radius 2 is 2.12 bits per heavy atom. The van der Waals surface area contributed by atoms with Crippen molar-refractivity contribution in [2.75, 3.05) is 24.5 Å². The first kappa shape index (κ1) is 12.1. The lowest BCUT2D eigenvalue weighted by atomic mass is 10.2. The van der Waals surface area contributed by atoms with E-state index in [4.69, 9.17) is 5.11 Å². The summed E-state index contributed by atoms with van der Waals surface area (Å²) in [6.45, 7) is 3.56. The monoisotopic (exact) mass is 300 g/mol. The minimum atomic E-state index is -0.867. The van der Waals surface area contributed by atoms with E-state index in [-0.39, 0.29) is 6.04 Å². The van der Waals surface area contributed by atoms with Gasteiger partial charge in [-0.3, -0.25) is 0 Å². The number of rotatable bonds is 1. The number of hydrogen-bond acceptors (Lipinski definition) is 4. The summed E-state index contributed by atoms with van der Waals surface area (Å²) in [5.74, 6) is 0.644. The average Bonchev–Trinajstić information content (AvgIpc) is 2.30. The maximum atomic E-state index is 10.9. The largest absolute Gasteiger partial charge is 0.465 e. The maximum absolute atomic E-state index is 10.9. The number of nitrogens with zero attached hydrogens (tertiary/aromatic N) is 4. The van der Waals surface area contributed by atoms with Gasteiger partial charge >= 0.3 is 6.09 Å². The van der Waals surface area contributed by atoms with Gasteiger partial charge in [-0.15, -0.1) is 0 Å². The topological polar surface area (TPSA) is 69.6 Å². The van der Waals surface area contributed by atoms with Gasteiger partial charge in [-0.05, 0) is 22.9 Å². The van der Waals surface area contributed by atoms with Crippen LogP contribution < -0.4 is 4.90 Å². The number of halogens is 1. The Labute approximate surface area is 107 Å². The molecule has 1 aliphatic rings. The number of hydrogen-bond donors (Lipinski definition) is 1. The van der Waals surface area contributed by atoms with Gasteiger partial charge in [0.05, 0.1) is 4.47 Å². The lowest BCUT2D eigenvalue weighted by molar-refractivity contribution is 0.136. The second kappa shape index (κ2) is 4.87. The molecule has 0 spiro atoms. The normalized spacial score (nSPS) is 20.5. The number of carboxylic acid groups (broad SMARTS) is 1. The van der Waals surface area contributed by atoms with Crippen LogP contribution in [0.3, 0.4) is 0 Å². The fourth-order valence-corrected chi connectivity index (χ4v) is 2.09. The molecule has 7 heteroatoms. The van der Waals surface area contributed by atoms with Crippen LogP contribution in [0.2, 0.25) is 0 Å². The molecule has 1 aliphatic heterocycles. The van der Waals surface area contributed by atoms with Crippen molar-refractivity contribution < 1.29 is 9.90 Å². The van der Waals surface area contributed by atoms with Crippen LogP contribution in [-0.4, -0.2) is 51.7 Å². The Balaban J connectivity index is 2.09. The van der Waals surface area contributed by atoms with E-state index in [1.54, 1.807) is 12.4 Å². The van der Waals surface area contributed by atoms with Crippen LogP contribution in [0.5, 0.6) is 0 Å². The van der Waals surface area contributed by atoms with Gasteiger partial charge in [0.25, 0.3) is 0 Å². The van der Waals surface area contributed by atoms with E-state index in [0.29, 0.717) is 25.6 Å². The standard InChI is InChI=1S/C10H13BrN4O2/c1-7-6-14(10(16)17)2-3-15(7)9-12-4-8(11)5-13-9/h4-5,7H,2-3,6H2,1H3,(H,16,17). The van der Waals surface area contributed by atoms with Crippen LogP contribution in [0.15, 0.2) is 16.9 Å². The molecule has 1 amide bonds. The number of piperazine rings is 1. The lowest BCUT2D eigenvalue weighted by Gasteiger charge is -2.38. The Hall–Kier alpha value is -1.37. The van der Waals surface area contributed by atoms with Crippen molar-refractivity contribution in [2.24, 2.45) is 0 Å². The molecule has 1 aromatic heterocycles. The molecule has 1 aromatic rings. The highest BCUT2D eigenvalue weighted by molar-refractivity contribution is 9.10. The van der Waals surface area contributed by atoms with Crippen LogP contribution in [0, 0.1) is 0 Å². The van der Waals surface area contributed by atoms with Crippen molar-refractivity contribution in [1.82, 2.24) is 14.9 Å². The van der Waals surface area contributed by atoms with Gasteiger partial charge in [-0.25, -0.2) is 14.8 Å². The highest BCUT2D eigenvalue weighted by Gasteiger charge is 2.27. The minimum absolute atomic E-state index is 0.0843. The third-order valence-electron chi connectivity index (χ3n) is 2.76. The van der Waals surface area contributed by atoms with E-state index in [1.807, 2.05) is 11.8 Å². The molecule has 6 nitrogen and oxygen atoms in total. The fraction of sp³-hybridized carbons (Fsp3) is 0.500. The number of carbonyl (C=O) groups is 1. The molecular formula is C10H13BrN4O2. The molecule has 1 atom stereocenters. The van der Waals surface area contributed by atoms with Crippen molar-refractivity contribution in [1.29, 1.82) is 0 Å². The first-order valence-corrected chi connectivity index (χ1v) is 6.09. The zero-order valence-electron chi connectivity index (χ0n) is 9.38. The quantitative estimate of drug-likeness (QED) is 0.849. The van der Waals surface area contributed by atoms with Gasteiger partial charge in [-0.2, -0.15) is 0 Å². The zero-order valence-corrected chi connectivity index (χ0v) is 11.0. The summed E-state index contributed by atoms with van der Waals surface area (Å²) < 4.78 is 0.832. The van der Waals surface area contributed by atoms with E-state index in [1.165, 1.54) is 4.90 Å². The van der Waals surface area contributed by atoms with Crippen molar-refractivity contribution in [3.8, 4) is 0 Å². The first-order valence-electron chi connectivity index (χ1n) is 5.30. The predicted molar refractivity (Wildman–Crippen MR) is 66.1 cm³/mol. The van der Waals surface area contributed by atoms with Crippen molar-refractivity contribution >= 4 is 28.0 Å². The SMILES string of the molecule is CC1CN(C(=O)O)CCN1c1ncc(Br)cn1. The van der Waals surface area contributed by atoms with Gasteiger partial charge in [0.15, 0.2) is 0 Å². The van der Waals surface area contributed by atoms with Crippen LogP contribution in [0.4, 0.5) is 10.7 Å². The van der Waals surface area contributed by atoms with Gasteiger partial charge in [0.1, 0.15) is 0 Å². The van der Waals surface area contributed by atoms with Gasteiger partial charge < -0.3 is 14.9 Å². The van der Waals surface area contributed by atoms with Crippen molar-refractivity contribution in [3.05, 3.63) is 16.9 Å². The minimum Gasteiger partial charge on any atom is -0.465 e. The van der Waals surface area contributed by atoms with Crippen LogP contribution in [0.25, 0.3) is 0 Å². The van der Waals surface area contributed by atoms with E-state index in [2.05, 4.69) is 25.9 Å². The molecule has 17 heavy (non-hydrogen) atoms. The maximum Gasteiger partial charge on any atom is 0.407 e.